The van der Waals surface area contributed by atoms with Gasteiger partial charge in [0.15, 0.2) is 0 Å². The van der Waals surface area contributed by atoms with E-state index in [1.54, 1.807) is 12.4 Å². The average Bonchev–Trinajstić information content (AvgIpc) is 2.29. The summed E-state index contributed by atoms with van der Waals surface area (Å²) < 4.78 is 0. The second-order valence-electron chi connectivity index (χ2n) is 5.63. The van der Waals surface area contributed by atoms with Gasteiger partial charge < -0.3 is 11.1 Å². The SMILES string of the molecule is CC(C)(C)C(N)CC(=O)NCCc1ccncc1. The molecule has 1 heterocycles. The van der Waals surface area contributed by atoms with E-state index in [9.17, 15) is 4.79 Å². The van der Waals surface area contributed by atoms with Crippen LogP contribution >= 0.6 is 0 Å². The first kappa shape index (κ1) is 14.6. The zero-order valence-corrected chi connectivity index (χ0v) is 11.4. The first-order valence-electron chi connectivity index (χ1n) is 6.31. The molecule has 0 aliphatic heterocycles. The highest BCUT2D eigenvalue weighted by molar-refractivity contribution is 5.76. The normalized spacial score (nSPS) is 13.1. The molecule has 1 amide bonds. The van der Waals surface area contributed by atoms with Gasteiger partial charge in [-0.1, -0.05) is 20.8 Å². The Bertz CT molecular complexity index is 370. The van der Waals surface area contributed by atoms with Gasteiger partial charge in [-0.3, -0.25) is 9.78 Å². The second-order valence-corrected chi connectivity index (χ2v) is 5.63. The van der Waals surface area contributed by atoms with Crippen molar-refractivity contribution < 1.29 is 4.79 Å². The Labute approximate surface area is 109 Å². The van der Waals surface area contributed by atoms with Crippen molar-refractivity contribution >= 4 is 5.91 Å². The maximum absolute atomic E-state index is 11.7. The third kappa shape index (κ3) is 5.27. The third-order valence-corrected chi connectivity index (χ3v) is 3.00. The summed E-state index contributed by atoms with van der Waals surface area (Å²) >= 11 is 0. The third-order valence-electron chi connectivity index (χ3n) is 3.00. The van der Waals surface area contributed by atoms with Crippen molar-refractivity contribution in [3.8, 4) is 0 Å². The van der Waals surface area contributed by atoms with Crippen LogP contribution in [0.4, 0.5) is 0 Å². The lowest BCUT2D eigenvalue weighted by Gasteiger charge is -2.26. The Morgan fingerprint density at radius 1 is 1.39 bits per heavy atom. The predicted molar refractivity (Wildman–Crippen MR) is 73.0 cm³/mol. The first-order chi connectivity index (χ1) is 8.39. The summed E-state index contributed by atoms with van der Waals surface area (Å²) in [5.74, 6) is 0.0199. The highest BCUT2D eigenvalue weighted by atomic mass is 16.1. The van der Waals surface area contributed by atoms with E-state index in [4.69, 9.17) is 5.73 Å². The molecule has 100 valence electrons. The van der Waals surface area contributed by atoms with Gasteiger partial charge in [-0.2, -0.15) is 0 Å². The highest BCUT2D eigenvalue weighted by Crippen LogP contribution is 2.19. The first-order valence-corrected chi connectivity index (χ1v) is 6.31. The Hall–Kier alpha value is -1.42. The number of nitrogens with one attached hydrogen (secondary N) is 1. The van der Waals surface area contributed by atoms with Gasteiger partial charge in [-0.25, -0.2) is 0 Å². The molecule has 3 N–H and O–H groups in total. The summed E-state index contributed by atoms with van der Waals surface area (Å²) in [7, 11) is 0. The van der Waals surface area contributed by atoms with Crippen molar-refractivity contribution in [2.45, 2.75) is 39.7 Å². The summed E-state index contributed by atoms with van der Waals surface area (Å²) in [6.45, 7) is 6.77. The van der Waals surface area contributed by atoms with Crippen molar-refractivity contribution in [1.82, 2.24) is 10.3 Å². The van der Waals surface area contributed by atoms with E-state index >= 15 is 0 Å². The van der Waals surface area contributed by atoms with Gasteiger partial charge in [0.2, 0.25) is 5.91 Å². The number of carbonyl (C=O) groups is 1. The summed E-state index contributed by atoms with van der Waals surface area (Å²) in [6.07, 6.45) is 4.71. The van der Waals surface area contributed by atoms with Gasteiger partial charge in [0.1, 0.15) is 0 Å². The van der Waals surface area contributed by atoms with E-state index in [1.165, 1.54) is 5.56 Å². The second kappa shape index (κ2) is 6.50. The fourth-order valence-electron chi connectivity index (χ4n) is 1.47. The Kier molecular flexibility index (Phi) is 5.28. The standard InChI is InChI=1S/C14H23N3O/c1-14(2,3)12(15)10-13(18)17-9-6-11-4-7-16-8-5-11/h4-5,7-8,12H,6,9-10,15H2,1-3H3,(H,17,18). The van der Waals surface area contributed by atoms with Gasteiger partial charge in [0.05, 0.1) is 0 Å². The zero-order valence-electron chi connectivity index (χ0n) is 11.4. The minimum absolute atomic E-state index is 0.0199. The van der Waals surface area contributed by atoms with Crippen LogP contribution in [-0.2, 0) is 11.2 Å². The number of aromatic nitrogens is 1. The fourth-order valence-corrected chi connectivity index (χ4v) is 1.47. The topological polar surface area (TPSA) is 68.0 Å². The largest absolute Gasteiger partial charge is 0.356 e. The van der Waals surface area contributed by atoms with Crippen molar-refractivity contribution in [3.63, 3.8) is 0 Å². The van der Waals surface area contributed by atoms with Crippen LogP contribution in [0.3, 0.4) is 0 Å². The number of nitrogens with two attached hydrogens (primary N) is 1. The monoisotopic (exact) mass is 249 g/mol. The number of carbonyl (C=O) groups excluding carboxylic acids is 1. The van der Waals surface area contributed by atoms with Crippen molar-refractivity contribution in [1.29, 1.82) is 0 Å². The lowest BCUT2D eigenvalue weighted by Crippen LogP contribution is -2.40. The number of amides is 1. The van der Waals surface area contributed by atoms with Crippen LogP contribution in [0.2, 0.25) is 0 Å². The molecule has 0 saturated heterocycles. The van der Waals surface area contributed by atoms with Crippen molar-refractivity contribution in [3.05, 3.63) is 30.1 Å². The molecule has 0 aliphatic rings. The van der Waals surface area contributed by atoms with Crippen LogP contribution < -0.4 is 11.1 Å². The molecular formula is C14H23N3O. The van der Waals surface area contributed by atoms with Crippen LogP contribution in [0.15, 0.2) is 24.5 Å². The maximum atomic E-state index is 11.7. The number of nitrogens with zero attached hydrogens (tertiary/aromatic N) is 1. The van der Waals surface area contributed by atoms with Crippen molar-refractivity contribution in [2.75, 3.05) is 6.54 Å². The minimum Gasteiger partial charge on any atom is -0.356 e. The molecule has 0 fully saturated rings. The number of hydrogen-bond acceptors (Lipinski definition) is 3. The minimum atomic E-state index is -0.113. The van der Waals surface area contributed by atoms with Crippen LogP contribution in [0.5, 0.6) is 0 Å². The smallest absolute Gasteiger partial charge is 0.221 e. The maximum Gasteiger partial charge on any atom is 0.221 e. The molecule has 0 radical (unpaired) electrons. The quantitative estimate of drug-likeness (QED) is 0.831. The molecule has 1 unspecified atom stereocenters. The number of rotatable bonds is 5. The van der Waals surface area contributed by atoms with Crippen LogP contribution in [-0.4, -0.2) is 23.5 Å². The zero-order chi connectivity index (χ0) is 13.6. The van der Waals surface area contributed by atoms with Gasteiger partial charge in [-0.15, -0.1) is 0 Å². The van der Waals surface area contributed by atoms with Crippen LogP contribution in [0.1, 0.15) is 32.8 Å². The van der Waals surface area contributed by atoms with E-state index in [1.807, 2.05) is 32.9 Å². The molecule has 0 spiro atoms. The van der Waals surface area contributed by atoms with Gasteiger partial charge in [0, 0.05) is 31.4 Å². The highest BCUT2D eigenvalue weighted by Gasteiger charge is 2.22. The molecule has 1 atom stereocenters. The molecule has 1 aromatic rings. The predicted octanol–water partition coefficient (Wildman–Crippen LogP) is 1.50. The van der Waals surface area contributed by atoms with E-state index in [2.05, 4.69) is 10.3 Å². The van der Waals surface area contributed by atoms with Gasteiger partial charge >= 0.3 is 0 Å². The molecule has 0 bridgehead atoms. The Morgan fingerprint density at radius 3 is 2.56 bits per heavy atom. The van der Waals surface area contributed by atoms with Crippen molar-refractivity contribution in [2.24, 2.45) is 11.1 Å². The molecule has 4 nitrogen and oxygen atoms in total. The van der Waals surface area contributed by atoms with E-state index in [0.717, 1.165) is 6.42 Å². The lowest BCUT2D eigenvalue weighted by molar-refractivity contribution is -0.121. The van der Waals surface area contributed by atoms with E-state index in [0.29, 0.717) is 13.0 Å². The Balaban J connectivity index is 2.26. The molecule has 0 aliphatic carbocycles. The van der Waals surface area contributed by atoms with Crippen LogP contribution in [0, 0.1) is 5.41 Å². The number of pyridine rings is 1. The molecule has 4 heteroatoms. The molecule has 1 rings (SSSR count). The fraction of sp³-hybridized carbons (Fsp3) is 0.571. The molecule has 18 heavy (non-hydrogen) atoms. The molecular weight excluding hydrogens is 226 g/mol. The summed E-state index contributed by atoms with van der Waals surface area (Å²) in [4.78, 5) is 15.6. The molecule has 0 saturated carbocycles. The summed E-state index contributed by atoms with van der Waals surface area (Å²) in [5, 5.41) is 2.89. The molecule has 0 aromatic carbocycles. The Morgan fingerprint density at radius 2 is 2.00 bits per heavy atom. The van der Waals surface area contributed by atoms with E-state index in [-0.39, 0.29) is 17.4 Å². The average molecular weight is 249 g/mol. The molecule has 1 aromatic heterocycles. The number of hydrogen-bond donors (Lipinski definition) is 2. The summed E-state index contributed by atoms with van der Waals surface area (Å²) in [6, 6.07) is 3.79. The lowest BCUT2D eigenvalue weighted by atomic mass is 9.85. The van der Waals surface area contributed by atoms with Crippen LogP contribution in [0.25, 0.3) is 0 Å². The van der Waals surface area contributed by atoms with Gasteiger partial charge in [0.25, 0.3) is 0 Å². The van der Waals surface area contributed by atoms with E-state index < -0.39 is 0 Å². The summed E-state index contributed by atoms with van der Waals surface area (Å²) in [5.41, 5.74) is 7.10. The van der Waals surface area contributed by atoms with Gasteiger partial charge in [-0.05, 0) is 29.5 Å².